The number of halogens is 3. The third kappa shape index (κ3) is 6.52. The first-order valence-corrected chi connectivity index (χ1v) is 11.7. The highest BCUT2D eigenvalue weighted by Crippen LogP contribution is 2.28. The lowest BCUT2D eigenvalue weighted by atomic mass is 10.0. The van der Waals surface area contributed by atoms with Crippen molar-refractivity contribution in [2.75, 3.05) is 6.54 Å². The Morgan fingerprint density at radius 1 is 1.03 bits per heavy atom. The average Bonchev–Trinajstić information content (AvgIpc) is 3.36. The Morgan fingerprint density at radius 2 is 1.76 bits per heavy atom. The fraction of sp³-hybridized carbons (Fsp3) is 0.115. The normalized spacial score (nSPS) is 11.9. The molecule has 1 amide bonds. The number of hydrogen-bond acceptors (Lipinski definition) is 6. The predicted octanol–water partition coefficient (Wildman–Crippen LogP) is 5.05. The molecule has 3 N–H and O–H groups in total. The molecule has 1 atom stereocenters. The number of carbonyl (C=O) groups excluding carboxylic acids is 1. The molecule has 0 saturated carbocycles. The van der Waals surface area contributed by atoms with E-state index in [-0.39, 0.29) is 12.3 Å². The molecular formula is C26H20Cl2FN3O5. The zero-order valence-electron chi connectivity index (χ0n) is 19.1. The Labute approximate surface area is 220 Å². The van der Waals surface area contributed by atoms with Gasteiger partial charge in [0.05, 0.1) is 11.6 Å². The van der Waals surface area contributed by atoms with Gasteiger partial charge in [-0.15, -0.1) is 0 Å². The summed E-state index contributed by atoms with van der Waals surface area (Å²) in [6.45, 7) is -0.392. The summed E-state index contributed by atoms with van der Waals surface area (Å²) in [5, 5.41) is 25.0. The molecule has 3 aromatic carbocycles. The number of aliphatic hydroxyl groups is 1. The molecule has 0 aliphatic carbocycles. The third-order valence-corrected chi connectivity index (χ3v) is 5.95. The summed E-state index contributed by atoms with van der Waals surface area (Å²) in [4.78, 5) is 24.1. The van der Waals surface area contributed by atoms with E-state index in [0.717, 1.165) is 0 Å². The van der Waals surface area contributed by atoms with E-state index in [1.807, 2.05) is 0 Å². The van der Waals surface area contributed by atoms with Gasteiger partial charge in [-0.05, 0) is 35.4 Å². The van der Waals surface area contributed by atoms with Crippen LogP contribution in [0.25, 0.3) is 22.4 Å². The number of nitrogens with one attached hydrogen (secondary N) is 1. The molecule has 0 spiro atoms. The van der Waals surface area contributed by atoms with Crippen molar-refractivity contribution in [1.82, 2.24) is 15.6 Å². The highest BCUT2D eigenvalue weighted by molar-refractivity contribution is 6.33. The van der Waals surface area contributed by atoms with E-state index in [2.05, 4.69) is 10.6 Å². The molecule has 11 heteroatoms. The lowest BCUT2D eigenvalue weighted by Crippen LogP contribution is -2.47. The Kier molecular flexibility index (Phi) is 8.20. The van der Waals surface area contributed by atoms with Gasteiger partial charge in [-0.1, -0.05) is 70.8 Å². The Morgan fingerprint density at radius 3 is 2.46 bits per heavy atom. The van der Waals surface area contributed by atoms with E-state index >= 15 is 0 Å². The number of hydrazine groups is 1. The summed E-state index contributed by atoms with van der Waals surface area (Å²) < 4.78 is 19.4. The van der Waals surface area contributed by atoms with Crippen LogP contribution in [0.2, 0.25) is 10.0 Å². The van der Waals surface area contributed by atoms with Crippen molar-refractivity contribution in [2.45, 2.75) is 12.6 Å². The number of aromatic nitrogens is 1. The van der Waals surface area contributed by atoms with Crippen molar-refractivity contribution in [3.05, 3.63) is 100.0 Å². The van der Waals surface area contributed by atoms with E-state index in [9.17, 15) is 19.1 Å². The lowest BCUT2D eigenvalue weighted by Gasteiger charge is -2.24. The summed E-state index contributed by atoms with van der Waals surface area (Å²) in [6, 6.07) is 19.3. The molecule has 0 saturated heterocycles. The Balaban J connectivity index is 1.51. The number of amides is 1. The van der Waals surface area contributed by atoms with Crippen LogP contribution in [0, 0.1) is 5.82 Å². The quantitative estimate of drug-likeness (QED) is 0.253. The fourth-order valence-corrected chi connectivity index (χ4v) is 3.95. The second kappa shape index (κ2) is 11.5. The van der Waals surface area contributed by atoms with E-state index in [4.69, 9.17) is 32.8 Å². The molecule has 0 fully saturated rings. The molecule has 0 aliphatic rings. The standard InChI is InChI=1S/C26H20Cl2FN3O5/c27-17-9-10-21(29)19(11-17)16-7-5-15(6-8-16)13-32(14-23(33)26(35)36)30-25(34)24-12-22(31-37-24)18-3-1-2-4-20(18)28/h1-12,23,33H,13-14H2,(H,30,34)(H,35,36)/t23-/m1/s1. The highest BCUT2D eigenvalue weighted by Gasteiger charge is 2.23. The second-order valence-electron chi connectivity index (χ2n) is 8.05. The maximum atomic E-state index is 14.2. The maximum Gasteiger partial charge on any atom is 0.333 e. The van der Waals surface area contributed by atoms with Gasteiger partial charge in [0.1, 0.15) is 11.5 Å². The highest BCUT2D eigenvalue weighted by atomic mass is 35.5. The molecule has 8 nitrogen and oxygen atoms in total. The maximum absolute atomic E-state index is 14.2. The van der Waals surface area contributed by atoms with Gasteiger partial charge in [0, 0.05) is 28.8 Å². The number of rotatable bonds is 9. The zero-order valence-corrected chi connectivity index (χ0v) is 20.6. The van der Waals surface area contributed by atoms with Crippen LogP contribution in [-0.2, 0) is 11.3 Å². The smallest absolute Gasteiger partial charge is 0.333 e. The number of nitrogens with zero attached hydrogens (tertiary/aromatic N) is 2. The molecule has 0 aliphatic heterocycles. The van der Waals surface area contributed by atoms with Crippen LogP contribution in [0.3, 0.4) is 0 Å². The number of hydrogen-bond donors (Lipinski definition) is 3. The number of benzene rings is 3. The number of aliphatic carboxylic acids is 1. The van der Waals surface area contributed by atoms with Crippen LogP contribution in [-0.4, -0.2) is 44.9 Å². The summed E-state index contributed by atoms with van der Waals surface area (Å²) in [5.74, 6) is -2.73. The van der Waals surface area contributed by atoms with Gasteiger partial charge in [-0.2, -0.15) is 0 Å². The molecule has 190 valence electrons. The van der Waals surface area contributed by atoms with Crippen LogP contribution in [0.1, 0.15) is 16.1 Å². The van der Waals surface area contributed by atoms with Crippen molar-refractivity contribution >= 4 is 35.1 Å². The van der Waals surface area contributed by atoms with Gasteiger partial charge in [-0.25, -0.2) is 14.2 Å². The molecule has 0 bridgehead atoms. The van der Waals surface area contributed by atoms with Crippen LogP contribution >= 0.6 is 23.2 Å². The van der Waals surface area contributed by atoms with E-state index in [1.54, 1.807) is 48.5 Å². The molecule has 1 heterocycles. The van der Waals surface area contributed by atoms with Crippen LogP contribution in [0.15, 0.2) is 77.3 Å². The van der Waals surface area contributed by atoms with Gasteiger partial charge in [0.25, 0.3) is 0 Å². The first-order chi connectivity index (χ1) is 17.7. The van der Waals surface area contributed by atoms with Gasteiger partial charge in [-0.3, -0.25) is 10.2 Å². The van der Waals surface area contributed by atoms with Crippen molar-refractivity contribution in [2.24, 2.45) is 0 Å². The first kappa shape index (κ1) is 26.3. The van der Waals surface area contributed by atoms with E-state index < -0.39 is 30.3 Å². The minimum Gasteiger partial charge on any atom is -0.479 e. The van der Waals surface area contributed by atoms with Crippen molar-refractivity contribution < 1.29 is 28.7 Å². The molecule has 0 unspecified atom stereocenters. The second-order valence-corrected chi connectivity index (χ2v) is 8.90. The van der Waals surface area contributed by atoms with E-state index in [1.165, 1.54) is 29.3 Å². The van der Waals surface area contributed by atoms with Crippen molar-refractivity contribution in [3.8, 4) is 22.4 Å². The predicted molar refractivity (Wildman–Crippen MR) is 135 cm³/mol. The van der Waals surface area contributed by atoms with Gasteiger partial charge in [0.2, 0.25) is 5.76 Å². The number of carboxylic acid groups (broad SMARTS) is 1. The minimum absolute atomic E-state index is 0.0277. The fourth-order valence-electron chi connectivity index (χ4n) is 3.54. The molecule has 4 rings (SSSR count). The summed E-state index contributed by atoms with van der Waals surface area (Å²) in [7, 11) is 0. The Bertz CT molecular complexity index is 1430. The number of aliphatic hydroxyl groups excluding tert-OH is 1. The monoisotopic (exact) mass is 543 g/mol. The van der Waals surface area contributed by atoms with Crippen LogP contribution < -0.4 is 5.43 Å². The summed E-state index contributed by atoms with van der Waals surface area (Å²) in [5.41, 5.74) is 5.01. The largest absolute Gasteiger partial charge is 0.479 e. The zero-order chi connectivity index (χ0) is 26.5. The van der Waals surface area contributed by atoms with Crippen molar-refractivity contribution in [3.63, 3.8) is 0 Å². The first-order valence-electron chi connectivity index (χ1n) is 10.9. The molecule has 4 aromatic rings. The number of carboxylic acids is 1. The topological polar surface area (TPSA) is 116 Å². The minimum atomic E-state index is -1.77. The van der Waals surface area contributed by atoms with E-state index in [0.29, 0.717) is 38.0 Å². The lowest BCUT2D eigenvalue weighted by molar-refractivity contribution is -0.148. The van der Waals surface area contributed by atoms with Gasteiger partial charge >= 0.3 is 11.9 Å². The molecule has 1 aromatic heterocycles. The van der Waals surface area contributed by atoms with Crippen LogP contribution in [0.5, 0.6) is 0 Å². The van der Waals surface area contributed by atoms with Gasteiger partial charge < -0.3 is 14.7 Å². The molecular weight excluding hydrogens is 524 g/mol. The average molecular weight is 544 g/mol. The van der Waals surface area contributed by atoms with Crippen LogP contribution in [0.4, 0.5) is 4.39 Å². The third-order valence-electron chi connectivity index (χ3n) is 5.39. The molecule has 37 heavy (non-hydrogen) atoms. The van der Waals surface area contributed by atoms with Crippen molar-refractivity contribution in [1.29, 1.82) is 0 Å². The summed E-state index contributed by atoms with van der Waals surface area (Å²) in [6.07, 6.45) is -1.77. The summed E-state index contributed by atoms with van der Waals surface area (Å²) >= 11 is 12.2. The molecule has 0 radical (unpaired) electrons. The van der Waals surface area contributed by atoms with Gasteiger partial charge in [0.15, 0.2) is 6.10 Å². The number of carbonyl (C=O) groups is 2. The Hall–Kier alpha value is -3.76. The SMILES string of the molecule is O=C(NN(Cc1ccc(-c2cc(Cl)ccc2F)cc1)C[C@@H](O)C(=O)O)c1cc(-c2ccccc2Cl)no1.